The van der Waals surface area contributed by atoms with E-state index in [2.05, 4.69) is 37.9 Å². The Balaban J connectivity index is 2.17. The molecule has 2 fully saturated rings. The SMILES string of the molecule is CCC1(CC)CN(C2CCCCC2)C(C)(CC)CN1. The first kappa shape index (κ1) is 15.3. The van der Waals surface area contributed by atoms with Crippen molar-refractivity contribution in [3.63, 3.8) is 0 Å². The second-order valence-electron chi connectivity index (χ2n) is 7.11. The highest BCUT2D eigenvalue weighted by Crippen LogP contribution is 2.36. The minimum Gasteiger partial charge on any atom is -0.308 e. The monoisotopic (exact) mass is 266 g/mol. The quantitative estimate of drug-likeness (QED) is 0.829. The van der Waals surface area contributed by atoms with Crippen LogP contribution in [0.4, 0.5) is 0 Å². The summed E-state index contributed by atoms with van der Waals surface area (Å²) in [5.41, 5.74) is 0.738. The molecule has 0 spiro atoms. The lowest BCUT2D eigenvalue weighted by Gasteiger charge is -2.56. The van der Waals surface area contributed by atoms with Crippen LogP contribution in [0.3, 0.4) is 0 Å². The maximum absolute atomic E-state index is 3.90. The van der Waals surface area contributed by atoms with Gasteiger partial charge in [0, 0.05) is 30.2 Å². The highest BCUT2D eigenvalue weighted by molar-refractivity contribution is 5.04. The van der Waals surface area contributed by atoms with Crippen LogP contribution in [0.15, 0.2) is 0 Å². The lowest BCUT2D eigenvalue weighted by molar-refractivity contribution is -0.0329. The van der Waals surface area contributed by atoms with Crippen molar-refractivity contribution in [2.45, 2.75) is 96.2 Å². The molecule has 2 aliphatic rings. The minimum atomic E-state index is 0.367. The summed E-state index contributed by atoms with van der Waals surface area (Å²) < 4.78 is 0. The summed E-state index contributed by atoms with van der Waals surface area (Å²) in [5.74, 6) is 0. The molecule has 1 unspecified atom stereocenters. The van der Waals surface area contributed by atoms with Crippen LogP contribution >= 0.6 is 0 Å². The number of piperazine rings is 1. The van der Waals surface area contributed by atoms with E-state index in [4.69, 9.17) is 0 Å². The first-order chi connectivity index (χ1) is 9.09. The summed E-state index contributed by atoms with van der Waals surface area (Å²) in [5, 5.41) is 3.90. The molecule has 1 N–H and O–H groups in total. The topological polar surface area (TPSA) is 15.3 Å². The Morgan fingerprint density at radius 1 is 1.00 bits per heavy atom. The molecule has 1 saturated heterocycles. The molecule has 2 nitrogen and oxygen atoms in total. The van der Waals surface area contributed by atoms with Gasteiger partial charge >= 0.3 is 0 Å². The first-order valence-electron chi connectivity index (χ1n) is 8.61. The van der Waals surface area contributed by atoms with Crippen LogP contribution in [-0.2, 0) is 0 Å². The zero-order chi connectivity index (χ0) is 13.9. The molecule has 112 valence electrons. The van der Waals surface area contributed by atoms with Gasteiger partial charge in [0.2, 0.25) is 0 Å². The molecule has 0 aromatic heterocycles. The van der Waals surface area contributed by atoms with Crippen molar-refractivity contribution in [3.8, 4) is 0 Å². The molecular formula is C17H34N2. The summed E-state index contributed by atoms with van der Waals surface area (Å²) in [6, 6.07) is 0.846. The zero-order valence-electron chi connectivity index (χ0n) is 13.6. The van der Waals surface area contributed by atoms with Crippen molar-refractivity contribution >= 4 is 0 Å². The first-order valence-corrected chi connectivity index (χ1v) is 8.61. The van der Waals surface area contributed by atoms with Gasteiger partial charge in [-0.05, 0) is 39.0 Å². The van der Waals surface area contributed by atoms with Crippen molar-refractivity contribution in [3.05, 3.63) is 0 Å². The molecule has 0 aromatic carbocycles. The molecule has 1 atom stereocenters. The van der Waals surface area contributed by atoms with Gasteiger partial charge in [-0.3, -0.25) is 4.90 Å². The third kappa shape index (κ3) is 3.00. The van der Waals surface area contributed by atoms with E-state index >= 15 is 0 Å². The van der Waals surface area contributed by atoms with Crippen molar-refractivity contribution in [1.82, 2.24) is 10.2 Å². The Hall–Kier alpha value is -0.0800. The maximum Gasteiger partial charge on any atom is 0.0307 e. The summed E-state index contributed by atoms with van der Waals surface area (Å²) in [6.07, 6.45) is 11.0. The maximum atomic E-state index is 3.90. The third-order valence-corrected chi connectivity index (χ3v) is 6.14. The Labute approximate surface area is 120 Å². The number of nitrogens with one attached hydrogen (secondary N) is 1. The van der Waals surface area contributed by atoms with Gasteiger partial charge in [-0.25, -0.2) is 0 Å². The fourth-order valence-corrected chi connectivity index (χ4v) is 4.07. The van der Waals surface area contributed by atoms with Crippen LogP contribution in [0.2, 0.25) is 0 Å². The average molecular weight is 266 g/mol. The van der Waals surface area contributed by atoms with Gasteiger partial charge in [-0.2, -0.15) is 0 Å². The van der Waals surface area contributed by atoms with E-state index in [0.717, 1.165) is 6.04 Å². The fraction of sp³-hybridized carbons (Fsp3) is 1.00. The van der Waals surface area contributed by atoms with E-state index in [9.17, 15) is 0 Å². The van der Waals surface area contributed by atoms with Gasteiger partial charge in [-0.1, -0.05) is 40.0 Å². The zero-order valence-corrected chi connectivity index (χ0v) is 13.6. The van der Waals surface area contributed by atoms with Gasteiger partial charge in [0.15, 0.2) is 0 Å². The van der Waals surface area contributed by atoms with Crippen molar-refractivity contribution in [1.29, 1.82) is 0 Å². The molecule has 0 amide bonds. The Kier molecular flexibility index (Phi) is 4.94. The molecule has 1 aliphatic carbocycles. The molecule has 0 aromatic rings. The Morgan fingerprint density at radius 2 is 1.63 bits per heavy atom. The lowest BCUT2D eigenvalue weighted by atomic mass is 9.80. The molecule has 0 bridgehead atoms. The second-order valence-corrected chi connectivity index (χ2v) is 7.11. The van der Waals surface area contributed by atoms with E-state index in [1.165, 1.54) is 64.5 Å². The molecule has 1 heterocycles. The third-order valence-electron chi connectivity index (χ3n) is 6.14. The minimum absolute atomic E-state index is 0.367. The molecule has 2 rings (SSSR count). The van der Waals surface area contributed by atoms with E-state index in [1.54, 1.807) is 0 Å². The van der Waals surface area contributed by atoms with Crippen LogP contribution in [-0.4, -0.2) is 35.1 Å². The lowest BCUT2D eigenvalue weighted by Crippen LogP contribution is -2.70. The smallest absolute Gasteiger partial charge is 0.0307 e. The highest BCUT2D eigenvalue weighted by Gasteiger charge is 2.45. The normalized spacial score (nSPS) is 33.5. The summed E-state index contributed by atoms with van der Waals surface area (Å²) in [7, 11) is 0. The second kappa shape index (κ2) is 6.13. The predicted octanol–water partition coefficient (Wildman–Crippen LogP) is 3.95. The molecule has 0 radical (unpaired) electrons. The highest BCUT2D eigenvalue weighted by atomic mass is 15.3. The van der Waals surface area contributed by atoms with Crippen LogP contribution in [0, 0.1) is 0 Å². The molecule has 1 aliphatic heterocycles. The fourth-order valence-electron chi connectivity index (χ4n) is 4.07. The largest absolute Gasteiger partial charge is 0.308 e. The number of hydrogen-bond acceptors (Lipinski definition) is 2. The summed E-state index contributed by atoms with van der Waals surface area (Å²) >= 11 is 0. The Morgan fingerprint density at radius 3 is 2.16 bits per heavy atom. The van der Waals surface area contributed by atoms with Gasteiger partial charge in [0.25, 0.3) is 0 Å². The average Bonchev–Trinajstić information content (AvgIpc) is 2.49. The summed E-state index contributed by atoms with van der Waals surface area (Å²) in [6.45, 7) is 12.0. The van der Waals surface area contributed by atoms with Crippen LogP contribution in [0.1, 0.15) is 79.1 Å². The van der Waals surface area contributed by atoms with Crippen LogP contribution in [0.25, 0.3) is 0 Å². The van der Waals surface area contributed by atoms with Gasteiger partial charge in [0.1, 0.15) is 0 Å². The molecular weight excluding hydrogens is 232 g/mol. The standard InChI is InChI=1S/C17H34N2/c1-5-16(4)13-18-17(6-2,7-3)14-19(16)15-11-9-8-10-12-15/h15,18H,5-14H2,1-4H3. The number of rotatable bonds is 4. The van der Waals surface area contributed by atoms with Gasteiger partial charge in [-0.15, -0.1) is 0 Å². The predicted molar refractivity (Wildman–Crippen MR) is 83.6 cm³/mol. The van der Waals surface area contributed by atoms with Crippen molar-refractivity contribution < 1.29 is 0 Å². The molecule has 19 heavy (non-hydrogen) atoms. The van der Waals surface area contributed by atoms with Gasteiger partial charge in [0.05, 0.1) is 0 Å². The molecule has 1 saturated carbocycles. The van der Waals surface area contributed by atoms with E-state index < -0.39 is 0 Å². The van der Waals surface area contributed by atoms with Crippen molar-refractivity contribution in [2.75, 3.05) is 13.1 Å². The number of hydrogen-bond donors (Lipinski definition) is 1. The van der Waals surface area contributed by atoms with E-state index in [0.29, 0.717) is 11.1 Å². The van der Waals surface area contributed by atoms with Crippen molar-refractivity contribution in [2.24, 2.45) is 0 Å². The summed E-state index contributed by atoms with van der Waals surface area (Å²) in [4.78, 5) is 2.90. The molecule has 2 heteroatoms. The van der Waals surface area contributed by atoms with E-state index in [1.807, 2.05) is 0 Å². The Bertz CT molecular complexity index is 279. The van der Waals surface area contributed by atoms with E-state index in [-0.39, 0.29) is 0 Å². The number of nitrogens with zero attached hydrogens (tertiary/aromatic N) is 1. The van der Waals surface area contributed by atoms with Crippen LogP contribution in [0.5, 0.6) is 0 Å². The van der Waals surface area contributed by atoms with Crippen LogP contribution < -0.4 is 5.32 Å². The van der Waals surface area contributed by atoms with Gasteiger partial charge < -0.3 is 5.32 Å².